The fourth-order valence-electron chi connectivity index (χ4n) is 0.953. The molecule has 0 unspecified atom stereocenters. The molecule has 0 saturated carbocycles. The van der Waals surface area contributed by atoms with Gasteiger partial charge >= 0.3 is 0 Å². The van der Waals surface area contributed by atoms with E-state index in [0.717, 1.165) is 0 Å². The zero-order valence-electron chi connectivity index (χ0n) is 7.50. The van der Waals surface area contributed by atoms with Crippen LogP contribution < -0.4 is 5.32 Å². The fourth-order valence-corrected chi connectivity index (χ4v) is 1.05. The van der Waals surface area contributed by atoms with E-state index in [9.17, 15) is 9.59 Å². The average molecular weight is 212 g/mol. The second-order valence-electron chi connectivity index (χ2n) is 2.76. The zero-order valence-corrected chi connectivity index (χ0v) is 8.25. The Morgan fingerprint density at radius 1 is 1.21 bits per heavy atom. The van der Waals surface area contributed by atoms with Crippen LogP contribution in [-0.4, -0.2) is 17.6 Å². The molecule has 0 aliphatic carbocycles. The second-order valence-corrected chi connectivity index (χ2v) is 3.03. The smallest absolute Gasteiger partial charge is 0.231 e. The van der Waals surface area contributed by atoms with Crippen molar-refractivity contribution in [3.8, 4) is 0 Å². The molecule has 0 spiro atoms. The molecule has 0 heterocycles. The predicted octanol–water partition coefficient (Wildman–Crippen LogP) is 1.82. The summed E-state index contributed by atoms with van der Waals surface area (Å²) in [6.07, 6.45) is -0.168. The Kier molecular flexibility index (Phi) is 4.13. The van der Waals surface area contributed by atoms with E-state index in [4.69, 9.17) is 11.6 Å². The number of hydrogen-bond acceptors (Lipinski definition) is 2. The Bertz CT molecular complexity index is 324. The van der Waals surface area contributed by atoms with Crippen LogP contribution in [0, 0.1) is 0 Å². The van der Waals surface area contributed by atoms with Crippen molar-refractivity contribution >= 4 is 29.0 Å². The lowest BCUT2D eigenvalue weighted by atomic mass is 10.2. The third-order valence-corrected chi connectivity index (χ3v) is 1.86. The van der Waals surface area contributed by atoms with Crippen LogP contribution in [0.4, 0.5) is 5.69 Å². The highest BCUT2D eigenvalue weighted by Gasteiger charge is 2.07. The van der Waals surface area contributed by atoms with Crippen LogP contribution in [0.15, 0.2) is 30.3 Å². The van der Waals surface area contributed by atoms with E-state index in [2.05, 4.69) is 5.32 Å². The topological polar surface area (TPSA) is 46.2 Å². The van der Waals surface area contributed by atoms with Gasteiger partial charge in [0, 0.05) is 5.69 Å². The molecule has 1 aromatic rings. The summed E-state index contributed by atoms with van der Waals surface area (Å²) in [5.74, 6) is -0.732. The molecule has 0 bridgehead atoms. The van der Waals surface area contributed by atoms with Gasteiger partial charge in [-0.15, -0.1) is 11.6 Å². The molecule has 0 atom stereocenters. The Morgan fingerprint density at radius 2 is 1.86 bits per heavy atom. The number of benzene rings is 1. The molecule has 74 valence electrons. The number of rotatable bonds is 4. The van der Waals surface area contributed by atoms with Gasteiger partial charge in [-0.3, -0.25) is 9.59 Å². The lowest BCUT2D eigenvalue weighted by molar-refractivity contribution is -0.124. The minimum atomic E-state index is -0.332. The molecule has 0 fully saturated rings. The monoisotopic (exact) mass is 211 g/mol. The Balaban J connectivity index is 2.46. The number of ketones is 1. The van der Waals surface area contributed by atoms with Crippen molar-refractivity contribution in [3.63, 3.8) is 0 Å². The van der Waals surface area contributed by atoms with Gasteiger partial charge in [-0.1, -0.05) is 18.2 Å². The van der Waals surface area contributed by atoms with Gasteiger partial charge in [0.1, 0.15) is 0 Å². The quantitative estimate of drug-likeness (QED) is 0.610. The lowest BCUT2D eigenvalue weighted by Gasteiger charge is -2.02. The third kappa shape index (κ3) is 3.58. The SMILES string of the molecule is O=C(CCl)CC(=O)Nc1ccccc1. The number of anilines is 1. The van der Waals surface area contributed by atoms with Crippen LogP contribution in [0.3, 0.4) is 0 Å². The van der Waals surface area contributed by atoms with Gasteiger partial charge in [0.2, 0.25) is 5.91 Å². The maximum Gasteiger partial charge on any atom is 0.231 e. The van der Waals surface area contributed by atoms with Gasteiger partial charge in [-0.25, -0.2) is 0 Å². The van der Waals surface area contributed by atoms with Crippen LogP contribution in [-0.2, 0) is 9.59 Å². The number of nitrogens with one attached hydrogen (secondary N) is 1. The molecule has 0 aliphatic rings. The van der Waals surface area contributed by atoms with Crippen LogP contribution in [0.5, 0.6) is 0 Å². The summed E-state index contributed by atoms with van der Waals surface area (Å²) in [6.45, 7) is 0. The number of halogens is 1. The van der Waals surface area contributed by atoms with Crippen molar-refractivity contribution in [3.05, 3.63) is 30.3 Å². The van der Waals surface area contributed by atoms with Crippen molar-refractivity contribution in [1.82, 2.24) is 0 Å². The minimum absolute atomic E-state index is 0.123. The molecule has 0 aliphatic heterocycles. The van der Waals surface area contributed by atoms with Crippen LogP contribution in [0.1, 0.15) is 6.42 Å². The summed E-state index contributed by atoms with van der Waals surface area (Å²) >= 11 is 5.27. The van der Waals surface area contributed by atoms with E-state index in [1.54, 1.807) is 24.3 Å². The van der Waals surface area contributed by atoms with Gasteiger partial charge in [0.15, 0.2) is 5.78 Å². The van der Waals surface area contributed by atoms with Crippen molar-refractivity contribution in [2.75, 3.05) is 11.2 Å². The maximum atomic E-state index is 11.2. The number of carbonyl (C=O) groups is 2. The Morgan fingerprint density at radius 3 is 2.43 bits per heavy atom. The van der Waals surface area contributed by atoms with Crippen LogP contribution in [0.25, 0.3) is 0 Å². The first kappa shape index (κ1) is 10.7. The fraction of sp³-hybridized carbons (Fsp3) is 0.200. The molecule has 1 rings (SSSR count). The molecule has 4 heteroatoms. The standard InChI is InChI=1S/C10H10ClNO2/c11-7-9(13)6-10(14)12-8-4-2-1-3-5-8/h1-5H,6-7H2,(H,12,14). The normalized spacial score (nSPS) is 9.50. The number of carbonyl (C=O) groups excluding carboxylic acids is 2. The number of alkyl halides is 1. The van der Waals surface area contributed by atoms with Gasteiger partial charge < -0.3 is 5.32 Å². The van der Waals surface area contributed by atoms with E-state index in [-0.39, 0.29) is 24.0 Å². The van der Waals surface area contributed by atoms with Crippen molar-refractivity contribution in [2.24, 2.45) is 0 Å². The number of hydrogen-bond donors (Lipinski definition) is 1. The molecule has 0 radical (unpaired) electrons. The van der Waals surface area contributed by atoms with Gasteiger partial charge in [-0.2, -0.15) is 0 Å². The first-order chi connectivity index (χ1) is 6.72. The summed E-state index contributed by atoms with van der Waals surface area (Å²) in [5, 5.41) is 2.59. The van der Waals surface area contributed by atoms with E-state index in [1.165, 1.54) is 0 Å². The summed E-state index contributed by atoms with van der Waals surface area (Å²) in [4.78, 5) is 22.0. The molecule has 1 N–H and O–H groups in total. The lowest BCUT2D eigenvalue weighted by Crippen LogP contribution is -2.16. The summed E-state index contributed by atoms with van der Waals surface area (Å²) in [5.41, 5.74) is 0.680. The van der Waals surface area contributed by atoms with E-state index >= 15 is 0 Å². The Hall–Kier alpha value is -1.35. The highest BCUT2D eigenvalue weighted by molar-refractivity contribution is 6.29. The summed E-state index contributed by atoms with van der Waals surface area (Å²) in [6, 6.07) is 8.96. The molecular formula is C10H10ClNO2. The van der Waals surface area contributed by atoms with Gasteiger partial charge in [0.25, 0.3) is 0 Å². The van der Waals surface area contributed by atoms with Crippen LogP contribution >= 0.6 is 11.6 Å². The van der Waals surface area contributed by atoms with E-state index in [1.807, 2.05) is 6.07 Å². The van der Waals surface area contributed by atoms with Crippen LogP contribution in [0.2, 0.25) is 0 Å². The molecule has 0 saturated heterocycles. The number of amides is 1. The van der Waals surface area contributed by atoms with Gasteiger partial charge in [0.05, 0.1) is 12.3 Å². The van der Waals surface area contributed by atoms with Crippen molar-refractivity contribution in [2.45, 2.75) is 6.42 Å². The summed E-state index contributed by atoms with van der Waals surface area (Å²) < 4.78 is 0. The van der Waals surface area contributed by atoms with Crippen molar-refractivity contribution < 1.29 is 9.59 Å². The third-order valence-electron chi connectivity index (χ3n) is 1.56. The first-order valence-corrected chi connectivity index (χ1v) is 4.68. The van der Waals surface area contributed by atoms with Gasteiger partial charge in [-0.05, 0) is 12.1 Å². The predicted molar refractivity (Wildman–Crippen MR) is 55.4 cm³/mol. The largest absolute Gasteiger partial charge is 0.326 e. The molecule has 1 aromatic carbocycles. The zero-order chi connectivity index (χ0) is 10.4. The van der Waals surface area contributed by atoms with E-state index in [0.29, 0.717) is 5.69 Å². The molecule has 3 nitrogen and oxygen atoms in total. The molecule has 0 aromatic heterocycles. The summed E-state index contributed by atoms with van der Waals surface area (Å²) in [7, 11) is 0. The highest BCUT2D eigenvalue weighted by Crippen LogP contribution is 2.05. The molecular weight excluding hydrogens is 202 g/mol. The molecule has 1 amide bonds. The van der Waals surface area contributed by atoms with Crippen molar-refractivity contribution in [1.29, 1.82) is 0 Å². The minimum Gasteiger partial charge on any atom is -0.326 e. The van der Waals surface area contributed by atoms with E-state index < -0.39 is 0 Å². The first-order valence-electron chi connectivity index (χ1n) is 4.15. The Labute approximate surface area is 87.1 Å². The second kappa shape index (κ2) is 5.40. The molecule has 14 heavy (non-hydrogen) atoms. The number of Topliss-reactive ketones (excluding diaryl/α,β-unsaturated/α-hetero) is 1. The maximum absolute atomic E-state index is 11.2. The highest BCUT2D eigenvalue weighted by atomic mass is 35.5. The average Bonchev–Trinajstić information content (AvgIpc) is 2.19. The number of para-hydroxylation sites is 1.